The van der Waals surface area contributed by atoms with Crippen molar-refractivity contribution >= 4 is 34.7 Å². The molecule has 0 fully saturated rings. The van der Waals surface area contributed by atoms with Crippen LogP contribution in [0.1, 0.15) is 34.6 Å². The number of nitro benzene ring substituents is 1. The molecule has 2 rings (SSSR count). The van der Waals surface area contributed by atoms with Crippen molar-refractivity contribution in [2.45, 2.75) is 20.0 Å². The van der Waals surface area contributed by atoms with Gasteiger partial charge in [0, 0.05) is 29.9 Å². The van der Waals surface area contributed by atoms with Gasteiger partial charge in [-0.15, -0.1) is 0 Å². The van der Waals surface area contributed by atoms with Crippen molar-refractivity contribution < 1.29 is 29.2 Å². The number of ketones is 1. The molecule has 10 nitrogen and oxygen atoms in total. The van der Waals surface area contributed by atoms with Gasteiger partial charge in [-0.05, 0) is 32.0 Å². The SMILES string of the molecule is CC(=O)c1ccccc1NC(=O)[C@H](C)OC(=O)c1cc([N+](=O)[O-])ccc1NCCO. The topological polar surface area (TPSA) is 148 Å². The van der Waals surface area contributed by atoms with Crippen LogP contribution in [0.2, 0.25) is 0 Å². The van der Waals surface area contributed by atoms with Crippen molar-refractivity contribution in [2.24, 2.45) is 0 Å². The van der Waals surface area contributed by atoms with Crippen LogP contribution in [0, 0.1) is 10.1 Å². The lowest BCUT2D eigenvalue weighted by molar-refractivity contribution is -0.384. The highest BCUT2D eigenvalue weighted by Gasteiger charge is 2.24. The van der Waals surface area contributed by atoms with Gasteiger partial charge in [0.1, 0.15) is 0 Å². The van der Waals surface area contributed by atoms with Crippen LogP contribution >= 0.6 is 0 Å². The van der Waals surface area contributed by atoms with E-state index < -0.39 is 22.9 Å². The molecule has 158 valence electrons. The minimum atomic E-state index is -1.25. The number of hydrogen-bond acceptors (Lipinski definition) is 8. The molecule has 1 atom stereocenters. The average molecular weight is 415 g/mol. The van der Waals surface area contributed by atoms with Crippen LogP contribution in [0.5, 0.6) is 0 Å². The Morgan fingerprint density at radius 1 is 1.13 bits per heavy atom. The van der Waals surface area contributed by atoms with Gasteiger partial charge >= 0.3 is 5.97 Å². The van der Waals surface area contributed by atoms with E-state index in [9.17, 15) is 24.5 Å². The van der Waals surface area contributed by atoms with E-state index in [-0.39, 0.29) is 41.6 Å². The zero-order chi connectivity index (χ0) is 22.3. The molecule has 0 bridgehead atoms. The molecule has 0 spiro atoms. The monoisotopic (exact) mass is 415 g/mol. The number of rotatable bonds is 9. The molecule has 0 heterocycles. The summed E-state index contributed by atoms with van der Waals surface area (Å²) >= 11 is 0. The minimum Gasteiger partial charge on any atom is -0.449 e. The predicted octanol–water partition coefficient (Wildman–Crippen LogP) is 2.39. The molecule has 0 aliphatic carbocycles. The van der Waals surface area contributed by atoms with Gasteiger partial charge in [-0.3, -0.25) is 19.7 Å². The number of ether oxygens (including phenoxy) is 1. The normalized spacial score (nSPS) is 11.3. The smallest absolute Gasteiger partial charge is 0.341 e. The van der Waals surface area contributed by atoms with Crippen LogP contribution in [-0.4, -0.2) is 46.9 Å². The van der Waals surface area contributed by atoms with E-state index in [0.717, 1.165) is 6.07 Å². The Morgan fingerprint density at radius 2 is 1.83 bits per heavy atom. The Bertz CT molecular complexity index is 975. The van der Waals surface area contributed by atoms with Crippen molar-refractivity contribution in [1.29, 1.82) is 0 Å². The molecule has 2 aromatic rings. The number of anilines is 2. The Hall–Kier alpha value is -3.79. The molecule has 3 N–H and O–H groups in total. The van der Waals surface area contributed by atoms with Gasteiger partial charge in [0.25, 0.3) is 11.6 Å². The van der Waals surface area contributed by atoms with Gasteiger partial charge in [0.05, 0.1) is 22.8 Å². The third-order valence-corrected chi connectivity index (χ3v) is 4.08. The number of nitro groups is 1. The van der Waals surface area contributed by atoms with Gasteiger partial charge < -0.3 is 20.5 Å². The van der Waals surface area contributed by atoms with Crippen LogP contribution in [0.15, 0.2) is 42.5 Å². The Balaban J connectivity index is 2.18. The van der Waals surface area contributed by atoms with Crippen molar-refractivity contribution in [2.75, 3.05) is 23.8 Å². The summed E-state index contributed by atoms with van der Waals surface area (Å²) in [5, 5.41) is 25.3. The Morgan fingerprint density at radius 3 is 2.47 bits per heavy atom. The third-order valence-electron chi connectivity index (χ3n) is 4.08. The number of nitrogens with one attached hydrogen (secondary N) is 2. The fourth-order valence-electron chi connectivity index (χ4n) is 2.57. The van der Waals surface area contributed by atoms with E-state index >= 15 is 0 Å². The molecule has 0 saturated carbocycles. The first-order valence-corrected chi connectivity index (χ1v) is 8.99. The number of aliphatic hydroxyl groups excluding tert-OH is 1. The van der Waals surface area contributed by atoms with Crippen LogP contribution in [0.4, 0.5) is 17.1 Å². The van der Waals surface area contributed by atoms with Crippen molar-refractivity contribution in [3.05, 3.63) is 63.7 Å². The largest absolute Gasteiger partial charge is 0.449 e. The lowest BCUT2D eigenvalue weighted by Crippen LogP contribution is -2.30. The number of benzene rings is 2. The summed E-state index contributed by atoms with van der Waals surface area (Å²) in [6, 6.07) is 9.93. The number of hydrogen-bond donors (Lipinski definition) is 3. The van der Waals surface area contributed by atoms with Gasteiger partial charge in [0.2, 0.25) is 0 Å². The molecule has 0 unspecified atom stereocenters. The van der Waals surface area contributed by atoms with Gasteiger partial charge in [-0.2, -0.15) is 0 Å². The van der Waals surface area contributed by atoms with Crippen LogP contribution in [-0.2, 0) is 9.53 Å². The predicted molar refractivity (Wildman–Crippen MR) is 109 cm³/mol. The molecule has 30 heavy (non-hydrogen) atoms. The lowest BCUT2D eigenvalue weighted by atomic mass is 10.1. The molecule has 0 aromatic heterocycles. The fraction of sp³-hybridized carbons (Fsp3) is 0.250. The highest BCUT2D eigenvalue weighted by atomic mass is 16.6. The number of carbonyl (C=O) groups is 3. The second kappa shape index (κ2) is 10.1. The van der Waals surface area contributed by atoms with E-state index in [1.807, 2.05) is 0 Å². The van der Waals surface area contributed by atoms with Crippen molar-refractivity contribution in [3.63, 3.8) is 0 Å². The standard InChI is InChI=1S/C20H21N3O7/c1-12(25)15-5-3-4-6-18(15)22-19(26)13(2)30-20(27)16-11-14(23(28)29)7-8-17(16)21-9-10-24/h3-8,11,13,21,24H,9-10H2,1-2H3,(H,22,26)/t13-/m0/s1. The zero-order valence-electron chi connectivity index (χ0n) is 16.4. The van der Waals surface area contributed by atoms with E-state index in [2.05, 4.69) is 10.6 Å². The molecule has 10 heteroatoms. The molecule has 1 amide bonds. The molecule has 0 radical (unpaired) electrons. The fourth-order valence-corrected chi connectivity index (χ4v) is 2.57. The number of nitrogens with zero attached hydrogens (tertiary/aromatic N) is 1. The Labute approximate surface area is 172 Å². The number of esters is 1. The molecule has 0 aliphatic rings. The summed E-state index contributed by atoms with van der Waals surface area (Å²) in [6.45, 7) is 2.58. The van der Waals surface area contributed by atoms with E-state index in [4.69, 9.17) is 9.84 Å². The number of carbonyl (C=O) groups excluding carboxylic acids is 3. The summed E-state index contributed by atoms with van der Waals surface area (Å²) < 4.78 is 5.17. The first-order valence-electron chi connectivity index (χ1n) is 8.99. The van der Waals surface area contributed by atoms with Gasteiger partial charge in [-0.25, -0.2) is 4.79 Å². The molecule has 0 saturated heterocycles. The molecular formula is C20H21N3O7. The zero-order valence-corrected chi connectivity index (χ0v) is 16.4. The van der Waals surface area contributed by atoms with Crippen molar-refractivity contribution in [3.8, 4) is 0 Å². The third kappa shape index (κ3) is 5.61. The van der Waals surface area contributed by atoms with Crippen molar-refractivity contribution in [1.82, 2.24) is 0 Å². The lowest BCUT2D eigenvalue weighted by Gasteiger charge is -2.16. The number of aliphatic hydroxyl groups is 1. The second-order valence-corrected chi connectivity index (χ2v) is 6.28. The summed E-state index contributed by atoms with van der Waals surface area (Å²) in [4.78, 5) is 47.0. The molecule has 2 aromatic carbocycles. The highest BCUT2D eigenvalue weighted by molar-refractivity contribution is 6.05. The van der Waals surface area contributed by atoms with Crippen LogP contribution < -0.4 is 10.6 Å². The van der Waals surface area contributed by atoms with Gasteiger partial charge in [0.15, 0.2) is 11.9 Å². The second-order valence-electron chi connectivity index (χ2n) is 6.28. The van der Waals surface area contributed by atoms with Crippen LogP contribution in [0.3, 0.4) is 0 Å². The van der Waals surface area contributed by atoms with E-state index in [0.29, 0.717) is 5.56 Å². The Kier molecular flexibility index (Phi) is 7.59. The highest BCUT2D eigenvalue weighted by Crippen LogP contribution is 2.24. The maximum Gasteiger partial charge on any atom is 0.341 e. The first-order chi connectivity index (χ1) is 14.2. The number of non-ortho nitro benzene ring substituents is 1. The van der Waals surface area contributed by atoms with E-state index in [1.165, 1.54) is 26.0 Å². The molecule has 0 aliphatic heterocycles. The number of para-hydroxylation sites is 1. The summed E-state index contributed by atoms with van der Waals surface area (Å²) in [6.07, 6.45) is -1.25. The van der Waals surface area contributed by atoms with Crippen LogP contribution in [0.25, 0.3) is 0 Å². The number of amides is 1. The summed E-state index contributed by atoms with van der Waals surface area (Å²) in [7, 11) is 0. The summed E-state index contributed by atoms with van der Waals surface area (Å²) in [5.41, 5.74) is 0.316. The summed E-state index contributed by atoms with van der Waals surface area (Å²) in [5.74, 6) is -1.87. The van der Waals surface area contributed by atoms with E-state index in [1.54, 1.807) is 24.3 Å². The quantitative estimate of drug-likeness (QED) is 0.245. The maximum absolute atomic E-state index is 12.6. The first kappa shape index (κ1) is 22.5. The average Bonchev–Trinajstić information content (AvgIpc) is 2.72. The minimum absolute atomic E-state index is 0.107. The maximum atomic E-state index is 12.6. The number of Topliss-reactive ketones (excluding diaryl/α,β-unsaturated/α-hetero) is 1. The van der Waals surface area contributed by atoms with Gasteiger partial charge in [-0.1, -0.05) is 12.1 Å². The molecular weight excluding hydrogens is 394 g/mol.